The molecule has 3 rings (SSSR count). The molecule has 2 unspecified atom stereocenters. The van der Waals surface area contributed by atoms with Gasteiger partial charge in [0.2, 0.25) is 0 Å². The maximum atomic E-state index is 12.8. The number of aromatic nitrogens is 1. The third-order valence-corrected chi connectivity index (χ3v) is 4.73. The van der Waals surface area contributed by atoms with Crippen molar-refractivity contribution in [2.24, 2.45) is 11.7 Å². The molecule has 5 nitrogen and oxygen atoms in total. The van der Waals surface area contributed by atoms with E-state index in [2.05, 4.69) is 11.9 Å². The van der Waals surface area contributed by atoms with Gasteiger partial charge in [0.1, 0.15) is 12.4 Å². The minimum atomic E-state index is 0. The summed E-state index contributed by atoms with van der Waals surface area (Å²) >= 11 is 0. The first-order valence-corrected chi connectivity index (χ1v) is 8.81. The largest absolute Gasteiger partial charge is 0.487 e. The fraction of sp³-hybridized carbons (Fsp3) is 0.400. The summed E-state index contributed by atoms with van der Waals surface area (Å²) in [6.07, 6.45) is 3.76. The summed E-state index contributed by atoms with van der Waals surface area (Å²) in [5.41, 5.74) is 7.42. The molecule has 2 atom stereocenters. The molecule has 0 radical (unpaired) electrons. The average Bonchev–Trinajstić information content (AvgIpc) is 2.67. The highest BCUT2D eigenvalue weighted by atomic mass is 35.5. The number of carbonyl (C=O) groups is 1. The van der Waals surface area contributed by atoms with Crippen molar-refractivity contribution < 1.29 is 9.53 Å². The van der Waals surface area contributed by atoms with E-state index >= 15 is 0 Å². The van der Waals surface area contributed by atoms with E-state index in [4.69, 9.17) is 10.5 Å². The van der Waals surface area contributed by atoms with Gasteiger partial charge >= 0.3 is 0 Å². The van der Waals surface area contributed by atoms with Gasteiger partial charge in [-0.25, -0.2) is 0 Å². The third kappa shape index (κ3) is 6.09. The molecule has 1 aromatic heterocycles. The molecule has 0 spiro atoms. The lowest BCUT2D eigenvalue weighted by molar-refractivity contribution is 0.0573. The number of piperidine rings is 1. The first kappa shape index (κ1) is 23.2. The van der Waals surface area contributed by atoms with Crippen LogP contribution >= 0.6 is 24.8 Å². The molecular weight excluding hydrogens is 385 g/mol. The van der Waals surface area contributed by atoms with Gasteiger partial charge in [-0.3, -0.25) is 9.78 Å². The highest BCUT2D eigenvalue weighted by molar-refractivity contribution is 5.94. The zero-order valence-electron chi connectivity index (χ0n) is 15.4. The second-order valence-electron chi connectivity index (χ2n) is 6.65. The van der Waals surface area contributed by atoms with E-state index in [9.17, 15) is 4.79 Å². The normalized spacial score (nSPS) is 18.8. The van der Waals surface area contributed by atoms with Crippen LogP contribution in [0.1, 0.15) is 35.8 Å². The maximum Gasteiger partial charge on any atom is 0.254 e. The molecule has 0 bridgehead atoms. The summed E-state index contributed by atoms with van der Waals surface area (Å²) in [6.45, 7) is 3.92. The maximum absolute atomic E-state index is 12.8. The molecule has 0 aliphatic carbocycles. The molecule has 1 aliphatic rings. The van der Waals surface area contributed by atoms with Crippen LogP contribution in [-0.2, 0) is 6.61 Å². The average molecular weight is 412 g/mol. The topological polar surface area (TPSA) is 68.5 Å². The van der Waals surface area contributed by atoms with Gasteiger partial charge in [-0.05, 0) is 55.2 Å². The summed E-state index contributed by atoms with van der Waals surface area (Å²) in [4.78, 5) is 18.9. The van der Waals surface area contributed by atoms with Gasteiger partial charge in [0.15, 0.2) is 0 Å². The van der Waals surface area contributed by atoms with E-state index in [1.807, 2.05) is 47.4 Å². The number of halogens is 2. The number of likely N-dealkylation sites (tertiary alicyclic amines) is 1. The molecule has 2 aromatic rings. The number of nitrogens with zero attached hydrogens (tertiary/aromatic N) is 2. The molecular formula is C20H27Cl2N3O2. The van der Waals surface area contributed by atoms with Crippen molar-refractivity contribution >= 4 is 30.7 Å². The molecule has 1 aliphatic heterocycles. The number of benzene rings is 1. The van der Waals surface area contributed by atoms with Gasteiger partial charge < -0.3 is 15.4 Å². The predicted octanol–water partition coefficient (Wildman–Crippen LogP) is 3.70. The monoisotopic (exact) mass is 411 g/mol. The van der Waals surface area contributed by atoms with Gasteiger partial charge in [0, 0.05) is 30.9 Å². The van der Waals surface area contributed by atoms with Crippen molar-refractivity contribution in [3.8, 4) is 5.75 Å². The van der Waals surface area contributed by atoms with Crippen molar-refractivity contribution in [2.45, 2.75) is 32.4 Å². The number of carbonyl (C=O) groups excluding carboxylic acids is 1. The number of amides is 1. The van der Waals surface area contributed by atoms with E-state index in [-0.39, 0.29) is 36.8 Å². The number of hydrogen-bond donors (Lipinski definition) is 1. The summed E-state index contributed by atoms with van der Waals surface area (Å²) in [6, 6.07) is 13.2. The lowest BCUT2D eigenvalue weighted by atomic mass is 9.92. The lowest BCUT2D eigenvalue weighted by Crippen LogP contribution is -2.49. The van der Waals surface area contributed by atoms with Crippen LogP contribution in [0.15, 0.2) is 48.7 Å². The van der Waals surface area contributed by atoms with Crippen molar-refractivity contribution in [2.75, 3.05) is 13.1 Å². The van der Waals surface area contributed by atoms with E-state index in [0.29, 0.717) is 24.6 Å². The van der Waals surface area contributed by atoms with Gasteiger partial charge in [-0.15, -0.1) is 24.8 Å². The van der Waals surface area contributed by atoms with Crippen LogP contribution in [0.25, 0.3) is 0 Å². The summed E-state index contributed by atoms with van der Waals surface area (Å²) < 4.78 is 5.72. The van der Waals surface area contributed by atoms with Crippen LogP contribution in [0.5, 0.6) is 5.75 Å². The molecule has 1 aromatic carbocycles. The van der Waals surface area contributed by atoms with E-state index in [1.165, 1.54) is 0 Å². The second kappa shape index (κ2) is 11.1. The van der Waals surface area contributed by atoms with Gasteiger partial charge in [-0.1, -0.05) is 13.0 Å². The Hall–Kier alpha value is -1.82. The fourth-order valence-corrected chi connectivity index (χ4v) is 3.24. The van der Waals surface area contributed by atoms with E-state index in [0.717, 1.165) is 30.8 Å². The van der Waals surface area contributed by atoms with Crippen LogP contribution in [-0.4, -0.2) is 34.9 Å². The smallest absolute Gasteiger partial charge is 0.254 e. The number of nitrogens with two attached hydrogens (primary N) is 1. The molecule has 27 heavy (non-hydrogen) atoms. The molecule has 7 heteroatoms. The van der Waals surface area contributed by atoms with Gasteiger partial charge in [-0.2, -0.15) is 0 Å². The second-order valence-corrected chi connectivity index (χ2v) is 6.65. The SMILES string of the molecule is CC1CCN(C(=O)c2ccc(OCc3ccccn3)cc2)C(CN)C1.Cl.Cl. The summed E-state index contributed by atoms with van der Waals surface area (Å²) in [7, 11) is 0. The zero-order valence-corrected chi connectivity index (χ0v) is 17.0. The summed E-state index contributed by atoms with van der Waals surface area (Å²) in [5, 5.41) is 0. The van der Waals surface area contributed by atoms with Gasteiger partial charge in [0.25, 0.3) is 5.91 Å². The quantitative estimate of drug-likeness (QED) is 0.813. The zero-order chi connectivity index (χ0) is 17.6. The highest BCUT2D eigenvalue weighted by Crippen LogP contribution is 2.24. The molecule has 1 saturated heterocycles. The number of pyridine rings is 1. The molecule has 2 heterocycles. The number of hydrogen-bond acceptors (Lipinski definition) is 4. The molecule has 1 fully saturated rings. The van der Waals surface area contributed by atoms with E-state index < -0.39 is 0 Å². The van der Waals surface area contributed by atoms with Crippen LogP contribution in [0.2, 0.25) is 0 Å². The Bertz CT molecular complexity index is 698. The Morgan fingerprint density at radius 3 is 2.59 bits per heavy atom. The Labute approximate surface area is 173 Å². The predicted molar refractivity (Wildman–Crippen MR) is 112 cm³/mol. The third-order valence-electron chi connectivity index (χ3n) is 4.73. The van der Waals surface area contributed by atoms with Crippen LogP contribution in [0.3, 0.4) is 0 Å². The van der Waals surface area contributed by atoms with Gasteiger partial charge in [0.05, 0.1) is 5.69 Å². The van der Waals surface area contributed by atoms with Crippen LogP contribution < -0.4 is 10.5 Å². The minimum absolute atomic E-state index is 0. The molecule has 1 amide bonds. The van der Waals surface area contributed by atoms with Crippen molar-refractivity contribution in [1.82, 2.24) is 9.88 Å². The first-order valence-electron chi connectivity index (χ1n) is 8.81. The number of ether oxygens (including phenoxy) is 1. The summed E-state index contributed by atoms with van der Waals surface area (Å²) in [5.74, 6) is 1.41. The molecule has 0 saturated carbocycles. The first-order chi connectivity index (χ1) is 12.2. The van der Waals surface area contributed by atoms with Crippen LogP contribution in [0.4, 0.5) is 0 Å². The molecule has 148 valence electrons. The standard InChI is InChI=1S/C20H25N3O2.2ClH/c1-15-9-11-23(18(12-15)13-21)20(24)16-5-7-19(8-6-16)25-14-17-4-2-3-10-22-17;;/h2-8,10,15,18H,9,11-14,21H2,1H3;2*1H. The highest BCUT2D eigenvalue weighted by Gasteiger charge is 2.29. The lowest BCUT2D eigenvalue weighted by Gasteiger charge is -2.38. The Kier molecular flexibility index (Phi) is 9.56. The van der Waals surface area contributed by atoms with Crippen LogP contribution in [0, 0.1) is 5.92 Å². The minimum Gasteiger partial charge on any atom is -0.487 e. The Balaban J connectivity index is 0.00000182. The fourth-order valence-electron chi connectivity index (χ4n) is 3.24. The Morgan fingerprint density at radius 1 is 1.22 bits per heavy atom. The Morgan fingerprint density at radius 2 is 1.96 bits per heavy atom. The van der Waals surface area contributed by atoms with Crippen molar-refractivity contribution in [3.63, 3.8) is 0 Å². The van der Waals surface area contributed by atoms with E-state index in [1.54, 1.807) is 6.20 Å². The number of rotatable bonds is 5. The molecule has 2 N–H and O–H groups in total. The van der Waals surface area contributed by atoms with Crippen molar-refractivity contribution in [3.05, 3.63) is 59.9 Å². The van der Waals surface area contributed by atoms with Crippen molar-refractivity contribution in [1.29, 1.82) is 0 Å².